The van der Waals surface area contributed by atoms with E-state index in [4.69, 9.17) is 39.8 Å². The van der Waals surface area contributed by atoms with Crippen molar-refractivity contribution in [1.29, 1.82) is 0 Å². The number of aliphatic hydroxyl groups excluding tert-OH is 5. The van der Waals surface area contributed by atoms with Gasteiger partial charge >= 0.3 is 21.6 Å². The maximum atomic E-state index is 12.5. The third kappa shape index (κ3) is 32.1. The number of thioether (sulfide) groups is 1. The Kier molecular flexibility index (Phi) is 35.5. The predicted molar refractivity (Wildman–Crippen MR) is 265 cm³/mol. The van der Waals surface area contributed by atoms with Crippen LogP contribution in [0.25, 0.3) is 0 Å². The van der Waals surface area contributed by atoms with E-state index in [0.29, 0.717) is 12.8 Å². The number of hydrogen-bond donors (Lipinski definition) is 8. The number of phosphoric acid groups is 2. The van der Waals surface area contributed by atoms with Gasteiger partial charge in [0.15, 0.2) is 0 Å². The highest BCUT2D eigenvalue weighted by Crippen LogP contribution is 2.49. The molecule has 0 aliphatic heterocycles. The van der Waals surface area contributed by atoms with Crippen molar-refractivity contribution >= 4 is 38.5 Å². The summed E-state index contributed by atoms with van der Waals surface area (Å²) in [5.74, 6) is 28.5. The summed E-state index contributed by atoms with van der Waals surface area (Å²) in [7, 11) is -10.5. The van der Waals surface area contributed by atoms with Crippen molar-refractivity contribution in [3.8, 4) is 82.7 Å². The fourth-order valence-electron chi connectivity index (χ4n) is 5.46. The molecule has 8 atom stereocenters. The maximum absolute atomic E-state index is 12.5. The van der Waals surface area contributed by atoms with Crippen molar-refractivity contribution in [3.05, 3.63) is 0 Å². The summed E-state index contributed by atoms with van der Waals surface area (Å²) < 4.78 is 47.5. The lowest BCUT2D eigenvalue weighted by atomic mass is 9.85. The zero-order chi connectivity index (χ0) is 48.1. The maximum Gasteiger partial charge on any atom is 0.472 e. The minimum atomic E-state index is -5.32. The average molecular weight is 981 g/mol. The van der Waals surface area contributed by atoms with Crippen LogP contribution in [0.3, 0.4) is 0 Å². The van der Waals surface area contributed by atoms with E-state index in [1.807, 2.05) is 6.92 Å². The predicted octanol–water partition coefficient (Wildman–Crippen LogP) is 6.64. The van der Waals surface area contributed by atoms with Gasteiger partial charge in [-0.15, -0.1) is 6.42 Å². The van der Waals surface area contributed by atoms with Crippen LogP contribution in [0.5, 0.6) is 0 Å². The monoisotopic (exact) mass is 981 g/mol. The molecule has 1 rings (SSSR count). The molecule has 1 fully saturated rings. The van der Waals surface area contributed by atoms with Crippen molar-refractivity contribution in [3.63, 3.8) is 0 Å². The van der Waals surface area contributed by atoms with Crippen LogP contribution in [0.4, 0.5) is 0 Å². The summed E-state index contributed by atoms with van der Waals surface area (Å²) in [6, 6.07) is 0. The molecule has 0 bridgehead atoms. The van der Waals surface area contributed by atoms with Crippen molar-refractivity contribution in [2.45, 2.75) is 159 Å². The lowest BCUT2D eigenvalue weighted by molar-refractivity contribution is -0.216. The molecule has 0 radical (unpaired) electrons. The Morgan fingerprint density at radius 3 is 1.56 bits per heavy atom. The molecule has 20 heteroatoms. The molecule has 0 heterocycles. The largest absolute Gasteiger partial charge is 0.472 e. The van der Waals surface area contributed by atoms with E-state index < -0.39 is 84.3 Å². The number of aliphatic hydroxyl groups is 5. The Morgan fingerprint density at radius 1 is 0.625 bits per heavy atom. The Hall–Kier alpha value is -3.61. The van der Waals surface area contributed by atoms with Crippen LogP contribution in [0.2, 0.25) is 0 Å². The van der Waals surface area contributed by atoms with Gasteiger partial charge in [0.2, 0.25) is 5.12 Å². The smallest absolute Gasteiger partial charge is 0.457 e. The fraction of sp³-hybridized carbons (Fsp3) is 0.636. The summed E-state index contributed by atoms with van der Waals surface area (Å²) in [4.78, 5) is 51.5. The third-order valence-corrected chi connectivity index (χ3v) is 10.7. The van der Waals surface area contributed by atoms with Crippen LogP contribution in [-0.2, 0) is 41.8 Å². The molecule has 0 amide bonds. The van der Waals surface area contributed by atoms with Gasteiger partial charge in [-0.25, -0.2) is 9.13 Å². The number of esters is 1. The quantitative estimate of drug-likeness (QED) is 0.0141. The molecule has 1 aliphatic rings. The number of phosphoric ester groups is 2. The van der Waals surface area contributed by atoms with Gasteiger partial charge < -0.3 is 49.7 Å². The third-order valence-electron chi connectivity index (χ3n) is 8.53. The number of rotatable bonds is 27. The number of ether oxygens (including phenoxy) is 2. The van der Waals surface area contributed by atoms with Gasteiger partial charge in [0.05, 0.1) is 13.2 Å². The van der Waals surface area contributed by atoms with Crippen LogP contribution >= 0.6 is 27.4 Å². The van der Waals surface area contributed by atoms with E-state index in [1.165, 1.54) is 51.4 Å². The summed E-state index contributed by atoms with van der Waals surface area (Å²) in [5.41, 5.74) is 0. The van der Waals surface area contributed by atoms with Gasteiger partial charge in [-0.1, -0.05) is 90.9 Å². The first-order chi connectivity index (χ1) is 30.5. The number of carbonyl (C=O) groups excluding carboxylic acids is 2. The second kappa shape index (κ2) is 37.6. The Balaban J connectivity index is -0.0000000875. The minimum absolute atomic E-state index is 0. The van der Waals surface area contributed by atoms with Crippen molar-refractivity contribution in [2.75, 3.05) is 20.0 Å². The highest BCUT2D eigenvalue weighted by Gasteiger charge is 2.54. The minimum Gasteiger partial charge on any atom is -0.457 e. The summed E-state index contributed by atoms with van der Waals surface area (Å²) in [6.45, 7) is 2.19. The summed E-state index contributed by atoms with van der Waals surface area (Å²) in [6.07, 6.45) is 6.49. The van der Waals surface area contributed by atoms with Gasteiger partial charge in [0.1, 0.15) is 49.5 Å². The molecule has 1 saturated carbocycles. The Morgan fingerprint density at radius 2 is 1.09 bits per heavy atom. The van der Waals surface area contributed by atoms with Crippen LogP contribution < -0.4 is 0 Å². The van der Waals surface area contributed by atoms with E-state index in [2.05, 4.69) is 87.7 Å². The molecule has 0 saturated heterocycles. The van der Waals surface area contributed by atoms with Crippen molar-refractivity contribution < 1.29 is 101 Å². The van der Waals surface area contributed by atoms with Crippen LogP contribution in [-0.4, -0.2) is 114 Å². The molecule has 64 heavy (non-hydrogen) atoms. The first-order valence-corrected chi connectivity index (χ1v) is 24.5. The van der Waals surface area contributed by atoms with Gasteiger partial charge in [0, 0.05) is 43.1 Å². The lowest BCUT2D eigenvalue weighted by Crippen LogP contribution is -2.64. The molecular weight excluding hydrogens is 894 g/mol. The number of unbranched alkanes of at least 4 members (excludes halogenated alkanes) is 12. The molecule has 0 aromatic rings. The molecule has 0 aromatic heterocycles. The average Bonchev–Trinajstić information content (AvgIpc) is 3.24. The second-order valence-corrected chi connectivity index (χ2v) is 17.3. The normalized spacial score (nSPS) is 19.8. The van der Waals surface area contributed by atoms with Crippen LogP contribution in [0.1, 0.15) is 135 Å². The van der Waals surface area contributed by atoms with Gasteiger partial charge in [-0.2, -0.15) is 0 Å². The molecule has 4 unspecified atom stereocenters. The highest BCUT2D eigenvalue weighted by atomic mass is 32.2. The van der Waals surface area contributed by atoms with Gasteiger partial charge in [-0.3, -0.25) is 23.2 Å². The SMILES string of the molecule is C#CC#CC#CC#CC#CC#CC#CSC(=O)CCC.CCCCCCCCCCCCCCCC(=O)O[C@H](COCO)COP(=O)(O)OC1C(O)[C@H](OP(=O)(O)O)[C@H](O)C(O)[C@@H]1O.[HH].[HH].[HH].[HH].[HH].[HH].[HH].[HH].[HH].[HH].[HH].[HH].[HH]. The van der Waals surface area contributed by atoms with Crippen molar-refractivity contribution in [2.24, 2.45) is 0 Å². The van der Waals surface area contributed by atoms with Gasteiger partial charge in [-0.05, 0) is 89.1 Å². The number of carbonyl (C=O) groups is 2. The number of hydrogen-bond acceptors (Lipinski definition) is 15. The van der Waals surface area contributed by atoms with Crippen LogP contribution in [0, 0.1) is 82.7 Å². The lowest BCUT2D eigenvalue weighted by Gasteiger charge is -2.43. The fourth-order valence-corrected chi connectivity index (χ4v) is 7.53. The number of terminal acetylenes is 1. The molecule has 8 N–H and O–H groups in total. The highest BCUT2D eigenvalue weighted by molar-refractivity contribution is 8.17. The first kappa shape index (κ1) is 60.4. The van der Waals surface area contributed by atoms with E-state index in [1.54, 1.807) is 0 Å². The second-order valence-electron chi connectivity index (χ2n) is 13.8. The van der Waals surface area contributed by atoms with Crippen LogP contribution in [0.15, 0.2) is 0 Å². The zero-order valence-electron chi connectivity index (χ0n) is 36.1. The van der Waals surface area contributed by atoms with E-state index in [9.17, 15) is 44.0 Å². The first-order valence-electron chi connectivity index (χ1n) is 20.7. The Bertz CT molecular complexity index is 1960. The van der Waals surface area contributed by atoms with E-state index in [0.717, 1.165) is 43.9 Å². The Labute approximate surface area is 400 Å². The summed E-state index contributed by atoms with van der Waals surface area (Å²) in [5, 5.41) is 51.9. The molecule has 1 aliphatic carbocycles. The molecular formula is C44H86O17P2S. The van der Waals surface area contributed by atoms with Crippen molar-refractivity contribution in [1.82, 2.24) is 0 Å². The molecule has 0 spiro atoms. The van der Waals surface area contributed by atoms with E-state index in [-0.39, 0.29) is 30.1 Å². The standard InChI is InChI=1S/C26H52O16P2.C18H8OS.13H2/c1-2-3-4-5-6-7-8-9-10-11-12-13-14-15-20(28)40-19(16-38-18-27)17-39-44(36,37)42-26-23(31)21(29)22(30)25(24(26)32)41-43(33,34)35;1-3-5-6-7-8-9-10-11-12-13-14-15-17-20-18(19)16-4-2;;;;;;;;;;;;;/h19,21-27,29-32H,2-18H2,1H3,(H,36,37)(H2,33,34,35);1H,4,16H2,2H3;13*1H/t19-,21?,22-,23+,24?,25-,26?;;;;;;;;;;;;;;/m1............../s1. The topological polar surface area (TPSA) is 276 Å². The summed E-state index contributed by atoms with van der Waals surface area (Å²) >= 11 is 0.959. The zero-order valence-corrected chi connectivity index (χ0v) is 38.7. The molecule has 17 nitrogen and oxygen atoms in total. The molecule has 0 aromatic carbocycles. The molecule has 380 valence electrons. The van der Waals surface area contributed by atoms with Gasteiger partial charge in [0.25, 0.3) is 0 Å². The van der Waals surface area contributed by atoms with E-state index >= 15 is 0 Å².